The molecule has 4 aromatic rings. The lowest BCUT2D eigenvalue weighted by molar-refractivity contribution is -0.118. The van der Waals surface area contributed by atoms with Gasteiger partial charge in [-0.2, -0.15) is 0 Å². The lowest BCUT2D eigenvalue weighted by Gasteiger charge is -2.34. The van der Waals surface area contributed by atoms with Crippen LogP contribution in [0, 0.1) is 6.92 Å². The summed E-state index contributed by atoms with van der Waals surface area (Å²) in [5.74, 6) is 2.61. The van der Waals surface area contributed by atoms with Crippen LogP contribution in [0.1, 0.15) is 12.5 Å². The molecule has 2 aromatic heterocycles. The summed E-state index contributed by atoms with van der Waals surface area (Å²) in [4.78, 5) is 27.9. The van der Waals surface area contributed by atoms with Crippen molar-refractivity contribution in [3.05, 3.63) is 48.4 Å². The van der Waals surface area contributed by atoms with Crippen LogP contribution in [0.4, 0.5) is 0 Å². The third-order valence-corrected chi connectivity index (χ3v) is 6.54. The van der Waals surface area contributed by atoms with E-state index in [-0.39, 0.29) is 5.78 Å². The largest absolute Gasteiger partial charge is 0.493 e. The summed E-state index contributed by atoms with van der Waals surface area (Å²) < 4.78 is 17.9. The van der Waals surface area contributed by atoms with Crippen LogP contribution in [0.2, 0.25) is 0 Å². The molecule has 0 amide bonds. The van der Waals surface area contributed by atoms with Gasteiger partial charge in [-0.15, -0.1) is 0 Å². The highest BCUT2D eigenvalue weighted by Crippen LogP contribution is 2.36. The highest BCUT2D eigenvalue weighted by atomic mass is 16.5. The van der Waals surface area contributed by atoms with Crippen molar-refractivity contribution in [3.63, 3.8) is 0 Å². The Balaban J connectivity index is 1.27. The molecule has 1 aliphatic heterocycles. The van der Waals surface area contributed by atoms with Crippen LogP contribution < -0.4 is 14.2 Å². The topological polar surface area (TPSA) is 92.8 Å². The number of hydrogen-bond donors (Lipinski definition) is 1. The fraction of sp³-hybridized carbons (Fsp3) is 0.370. The van der Waals surface area contributed by atoms with Crippen molar-refractivity contribution < 1.29 is 19.0 Å². The van der Waals surface area contributed by atoms with Crippen LogP contribution in [0.5, 0.6) is 23.1 Å². The number of carbonyl (C=O) groups excluding carboxylic acids is 1. The zero-order valence-electron chi connectivity index (χ0n) is 20.9. The predicted molar refractivity (Wildman–Crippen MR) is 138 cm³/mol. The van der Waals surface area contributed by atoms with E-state index in [0.717, 1.165) is 54.6 Å². The smallest absolute Gasteiger partial charge is 0.230 e. The number of methoxy groups -OCH3 is 1. The minimum Gasteiger partial charge on any atom is -0.493 e. The van der Waals surface area contributed by atoms with Gasteiger partial charge < -0.3 is 19.2 Å². The van der Waals surface area contributed by atoms with Crippen LogP contribution in [0.25, 0.3) is 21.8 Å². The summed E-state index contributed by atoms with van der Waals surface area (Å²) in [7, 11) is 1.62. The maximum absolute atomic E-state index is 11.3. The number of nitrogens with one attached hydrogen (secondary N) is 1. The zero-order chi connectivity index (χ0) is 25.1. The van der Waals surface area contributed by atoms with Crippen LogP contribution in [-0.2, 0) is 4.79 Å². The Bertz CT molecular complexity index is 1380. The van der Waals surface area contributed by atoms with Crippen molar-refractivity contribution in [2.45, 2.75) is 13.8 Å². The molecule has 1 N–H and O–H groups in total. The second-order valence-corrected chi connectivity index (χ2v) is 9.15. The fourth-order valence-electron chi connectivity index (χ4n) is 4.58. The molecule has 0 unspecified atom stereocenters. The minimum atomic E-state index is 0.212. The number of H-pyrrole nitrogens is 1. The van der Waals surface area contributed by atoms with Crippen molar-refractivity contribution in [2.75, 3.05) is 53.0 Å². The Hall–Kier alpha value is -3.69. The van der Waals surface area contributed by atoms with E-state index >= 15 is 0 Å². The lowest BCUT2D eigenvalue weighted by atomic mass is 10.2. The number of nitrogens with zero attached hydrogens (tertiary/aromatic N) is 4. The molecule has 188 valence electrons. The van der Waals surface area contributed by atoms with Crippen molar-refractivity contribution in [1.29, 1.82) is 0 Å². The van der Waals surface area contributed by atoms with Crippen molar-refractivity contribution in [2.24, 2.45) is 0 Å². The maximum atomic E-state index is 11.3. The van der Waals surface area contributed by atoms with Crippen molar-refractivity contribution >= 4 is 27.6 Å². The highest BCUT2D eigenvalue weighted by molar-refractivity contribution is 5.88. The number of aromatic amines is 1. The Morgan fingerprint density at radius 2 is 1.83 bits per heavy atom. The molecule has 0 radical (unpaired) electrons. The van der Waals surface area contributed by atoms with Crippen LogP contribution in [0.3, 0.4) is 0 Å². The van der Waals surface area contributed by atoms with Crippen molar-refractivity contribution in [1.82, 2.24) is 24.8 Å². The standard InChI is InChI=1S/C27H31N5O4/c1-18-15-28-23-5-4-20(12-21(18)23)36-27-22-13-25(34-3)26(14-24(22)29-17-30-27)35-11-10-31-6-8-32(9-7-31)16-19(2)33/h4-5,12-15,17,28H,6-11,16H2,1-3H3. The number of aryl methyl sites for hydroxylation is 1. The molecule has 0 bridgehead atoms. The molecule has 1 fully saturated rings. The molecule has 0 spiro atoms. The minimum absolute atomic E-state index is 0.212. The Morgan fingerprint density at radius 3 is 2.61 bits per heavy atom. The van der Waals surface area contributed by atoms with Gasteiger partial charge in [0.2, 0.25) is 5.88 Å². The molecule has 3 heterocycles. The SMILES string of the molecule is COc1cc2c(Oc3ccc4[nH]cc(C)c4c3)ncnc2cc1OCCN1CCN(CC(C)=O)CC1. The van der Waals surface area contributed by atoms with Gasteiger partial charge in [0.25, 0.3) is 0 Å². The summed E-state index contributed by atoms with van der Waals surface area (Å²) in [6.07, 6.45) is 3.48. The number of Topliss-reactive ketones (excluding diaryl/α,β-unsaturated/α-hetero) is 1. The maximum Gasteiger partial charge on any atom is 0.230 e. The number of hydrogen-bond acceptors (Lipinski definition) is 8. The van der Waals surface area contributed by atoms with Gasteiger partial charge in [0.15, 0.2) is 11.5 Å². The van der Waals surface area contributed by atoms with Crippen molar-refractivity contribution in [3.8, 4) is 23.1 Å². The van der Waals surface area contributed by atoms with E-state index < -0.39 is 0 Å². The van der Waals surface area contributed by atoms with E-state index in [1.165, 1.54) is 6.33 Å². The third-order valence-electron chi connectivity index (χ3n) is 6.54. The molecular formula is C27H31N5O4. The first-order chi connectivity index (χ1) is 17.5. The first kappa shape index (κ1) is 24.0. The number of rotatable bonds is 9. The van der Waals surface area contributed by atoms with E-state index in [9.17, 15) is 4.79 Å². The summed E-state index contributed by atoms with van der Waals surface area (Å²) in [6, 6.07) is 9.65. The first-order valence-corrected chi connectivity index (χ1v) is 12.2. The van der Waals surface area contributed by atoms with Gasteiger partial charge in [-0.05, 0) is 43.7 Å². The van der Waals surface area contributed by atoms with Gasteiger partial charge in [0.1, 0.15) is 24.5 Å². The lowest BCUT2D eigenvalue weighted by Crippen LogP contribution is -2.48. The monoisotopic (exact) mass is 489 g/mol. The second kappa shape index (κ2) is 10.5. The van der Waals surface area contributed by atoms with E-state index in [0.29, 0.717) is 41.8 Å². The van der Waals surface area contributed by atoms with Crippen LogP contribution in [0.15, 0.2) is 42.9 Å². The van der Waals surface area contributed by atoms with E-state index in [1.54, 1.807) is 14.0 Å². The third kappa shape index (κ3) is 5.27. The average molecular weight is 490 g/mol. The van der Waals surface area contributed by atoms with Crippen LogP contribution >= 0.6 is 0 Å². The molecule has 0 aliphatic carbocycles. The molecular weight excluding hydrogens is 458 g/mol. The molecule has 36 heavy (non-hydrogen) atoms. The number of fused-ring (bicyclic) bond motifs is 2. The number of carbonyl (C=O) groups is 1. The molecule has 1 aliphatic rings. The fourth-order valence-corrected chi connectivity index (χ4v) is 4.58. The van der Waals surface area contributed by atoms with Gasteiger partial charge >= 0.3 is 0 Å². The second-order valence-electron chi connectivity index (χ2n) is 9.15. The Morgan fingerprint density at radius 1 is 1.03 bits per heavy atom. The summed E-state index contributed by atoms with van der Waals surface area (Å²) in [6.45, 7) is 9.20. The van der Waals surface area contributed by atoms with Gasteiger partial charge in [-0.1, -0.05) is 0 Å². The summed E-state index contributed by atoms with van der Waals surface area (Å²) in [5, 5.41) is 1.86. The Labute approximate surface area is 210 Å². The molecule has 5 rings (SSSR count). The molecule has 0 atom stereocenters. The Kier molecular flexibility index (Phi) is 7.02. The quantitative estimate of drug-likeness (QED) is 0.380. The van der Waals surface area contributed by atoms with Crippen LogP contribution in [-0.4, -0.2) is 83.5 Å². The summed E-state index contributed by atoms with van der Waals surface area (Å²) in [5.41, 5.74) is 2.94. The number of ether oxygens (including phenoxy) is 3. The number of ketones is 1. The molecule has 9 nitrogen and oxygen atoms in total. The molecule has 0 saturated carbocycles. The molecule has 1 saturated heterocycles. The summed E-state index contributed by atoms with van der Waals surface area (Å²) >= 11 is 0. The van der Waals surface area contributed by atoms with E-state index in [1.807, 2.05) is 36.5 Å². The van der Waals surface area contributed by atoms with Gasteiger partial charge in [0, 0.05) is 55.9 Å². The zero-order valence-corrected chi connectivity index (χ0v) is 20.9. The first-order valence-electron chi connectivity index (χ1n) is 12.2. The van der Waals surface area contributed by atoms with Gasteiger partial charge in [-0.3, -0.25) is 14.6 Å². The van der Waals surface area contributed by atoms with E-state index in [4.69, 9.17) is 14.2 Å². The van der Waals surface area contributed by atoms with Gasteiger partial charge in [0.05, 0.1) is 24.6 Å². The molecule has 2 aromatic carbocycles. The average Bonchev–Trinajstić information content (AvgIpc) is 3.24. The number of aromatic nitrogens is 3. The number of benzene rings is 2. The normalized spacial score (nSPS) is 14.9. The predicted octanol–water partition coefficient (Wildman–Crippen LogP) is 3.81. The number of piperazine rings is 1. The van der Waals surface area contributed by atoms with Gasteiger partial charge in [-0.25, -0.2) is 9.97 Å². The highest BCUT2D eigenvalue weighted by Gasteiger charge is 2.18. The molecule has 9 heteroatoms. The van der Waals surface area contributed by atoms with E-state index in [2.05, 4.69) is 31.7 Å².